The highest BCUT2D eigenvalue weighted by molar-refractivity contribution is 4.73. The van der Waals surface area contributed by atoms with Crippen LogP contribution in [0.3, 0.4) is 0 Å². The third-order valence-electron chi connectivity index (χ3n) is 7.65. The van der Waals surface area contributed by atoms with E-state index in [0.29, 0.717) is 6.79 Å². The summed E-state index contributed by atoms with van der Waals surface area (Å²) in [5, 5.41) is 0. The molecule has 0 rings (SSSR count). The molecule has 4 heteroatoms. The molecule has 0 aromatic rings. The van der Waals surface area contributed by atoms with Gasteiger partial charge in [-0.2, -0.15) is 0 Å². The van der Waals surface area contributed by atoms with Crippen molar-refractivity contribution in [2.24, 2.45) is 0 Å². The largest absolute Gasteiger partial charge is 0.475 e. The van der Waals surface area contributed by atoms with E-state index in [-0.39, 0.29) is 6.29 Å². The van der Waals surface area contributed by atoms with E-state index in [1.807, 2.05) is 0 Å². The molecule has 0 aliphatic carbocycles. The van der Waals surface area contributed by atoms with E-state index in [9.17, 15) is 0 Å². The van der Waals surface area contributed by atoms with E-state index in [2.05, 4.69) is 26.8 Å². The standard InChI is InChI=1S/C36H72O4/c1-4-7-10-13-16-19-21-26-31-37-35-38-32-27-24-20-25-30-36(39-33-28-22-17-14-11-8-5-2)40-34-29-23-18-15-12-9-6-3/h27,32,36H,4-26,28-31,33-35H2,1-3H3. The average Bonchev–Trinajstić information content (AvgIpc) is 2.97. The third-order valence-corrected chi connectivity index (χ3v) is 7.65. The summed E-state index contributed by atoms with van der Waals surface area (Å²) in [5.74, 6) is 0. The van der Waals surface area contributed by atoms with Crippen LogP contribution in [-0.2, 0) is 18.9 Å². The molecule has 240 valence electrons. The SMILES string of the molecule is CCCCCCCCCCOCOC=CCCCCC(OCCCCCCCCC)OCCCCCCCCC. The Hall–Kier alpha value is -0.580. The van der Waals surface area contributed by atoms with Crippen molar-refractivity contribution in [2.75, 3.05) is 26.6 Å². The maximum absolute atomic E-state index is 6.18. The monoisotopic (exact) mass is 569 g/mol. The van der Waals surface area contributed by atoms with Crippen LogP contribution in [0.15, 0.2) is 12.3 Å². The van der Waals surface area contributed by atoms with Crippen molar-refractivity contribution in [1.29, 1.82) is 0 Å². The van der Waals surface area contributed by atoms with Crippen LogP contribution in [0.2, 0.25) is 0 Å². The van der Waals surface area contributed by atoms with Crippen molar-refractivity contribution in [2.45, 2.75) is 194 Å². The fraction of sp³-hybridized carbons (Fsp3) is 0.944. The van der Waals surface area contributed by atoms with Crippen LogP contribution < -0.4 is 0 Å². The maximum atomic E-state index is 6.18. The molecule has 0 aromatic carbocycles. The van der Waals surface area contributed by atoms with Crippen LogP contribution in [0.25, 0.3) is 0 Å². The van der Waals surface area contributed by atoms with Crippen molar-refractivity contribution >= 4 is 0 Å². The first-order chi connectivity index (χ1) is 19.8. The van der Waals surface area contributed by atoms with Gasteiger partial charge in [-0.3, -0.25) is 0 Å². The lowest BCUT2D eigenvalue weighted by Gasteiger charge is -2.19. The highest BCUT2D eigenvalue weighted by Gasteiger charge is 2.09. The van der Waals surface area contributed by atoms with E-state index in [1.54, 1.807) is 6.26 Å². The average molecular weight is 569 g/mol. The first kappa shape index (κ1) is 39.4. The van der Waals surface area contributed by atoms with Gasteiger partial charge in [-0.25, -0.2) is 0 Å². The van der Waals surface area contributed by atoms with Gasteiger partial charge in [0, 0.05) is 13.2 Å². The van der Waals surface area contributed by atoms with E-state index in [0.717, 1.165) is 64.8 Å². The quantitative estimate of drug-likeness (QED) is 0.0433. The van der Waals surface area contributed by atoms with Gasteiger partial charge in [0.05, 0.1) is 12.9 Å². The summed E-state index contributed by atoms with van der Waals surface area (Å²) in [5.41, 5.74) is 0. The normalized spacial score (nSPS) is 11.8. The molecule has 0 atom stereocenters. The molecule has 0 saturated heterocycles. The minimum absolute atomic E-state index is 0.0369. The van der Waals surface area contributed by atoms with Gasteiger partial charge < -0.3 is 18.9 Å². The third kappa shape index (κ3) is 33.6. The van der Waals surface area contributed by atoms with E-state index in [4.69, 9.17) is 18.9 Å². The summed E-state index contributed by atoms with van der Waals surface area (Å²) < 4.78 is 23.4. The molecular formula is C36H72O4. The second-order valence-electron chi connectivity index (χ2n) is 11.7. The lowest BCUT2D eigenvalue weighted by Crippen LogP contribution is -2.19. The zero-order valence-corrected chi connectivity index (χ0v) is 27.6. The summed E-state index contributed by atoms with van der Waals surface area (Å²) in [6, 6.07) is 0. The first-order valence-corrected chi connectivity index (χ1v) is 17.9. The molecule has 0 heterocycles. The second-order valence-corrected chi connectivity index (χ2v) is 11.7. The topological polar surface area (TPSA) is 36.9 Å². The van der Waals surface area contributed by atoms with Gasteiger partial charge in [-0.05, 0) is 51.0 Å². The minimum atomic E-state index is -0.0369. The Morgan fingerprint density at radius 1 is 0.450 bits per heavy atom. The lowest BCUT2D eigenvalue weighted by atomic mass is 10.1. The number of unbranched alkanes of at least 4 members (excludes halogenated alkanes) is 21. The molecule has 0 spiro atoms. The fourth-order valence-electron chi connectivity index (χ4n) is 4.96. The van der Waals surface area contributed by atoms with E-state index in [1.165, 1.54) is 122 Å². The van der Waals surface area contributed by atoms with Crippen LogP contribution in [-0.4, -0.2) is 32.9 Å². The number of allylic oxidation sites excluding steroid dienone is 1. The van der Waals surface area contributed by atoms with Crippen molar-refractivity contribution in [3.05, 3.63) is 12.3 Å². The summed E-state index contributed by atoms with van der Waals surface area (Å²) in [7, 11) is 0. The molecule has 0 aliphatic rings. The van der Waals surface area contributed by atoms with Gasteiger partial charge in [-0.15, -0.1) is 0 Å². The summed E-state index contributed by atoms with van der Waals surface area (Å²) >= 11 is 0. The van der Waals surface area contributed by atoms with Crippen molar-refractivity contribution < 1.29 is 18.9 Å². The molecule has 0 unspecified atom stereocenters. The summed E-state index contributed by atoms with van der Waals surface area (Å²) in [6.07, 6.45) is 37.2. The summed E-state index contributed by atoms with van der Waals surface area (Å²) in [4.78, 5) is 0. The number of hydrogen-bond donors (Lipinski definition) is 0. The number of ether oxygens (including phenoxy) is 4. The van der Waals surface area contributed by atoms with E-state index >= 15 is 0 Å². The van der Waals surface area contributed by atoms with Gasteiger partial charge in [-0.1, -0.05) is 143 Å². The molecule has 40 heavy (non-hydrogen) atoms. The predicted molar refractivity (Wildman–Crippen MR) is 174 cm³/mol. The van der Waals surface area contributed by atoms with Crippen LogP contribution in [0, 0.1) is 0 Å². The van der Waals surface area contributed by atoms with Crippen LogP contribution in [0.5, 0.6) is 0 Å². The van der Waals surface area contributed by atoms with Gasteiger partial charge >= 0.3 is 0 Å². The molecule has 0 bridgehead atoms. The Bertz CT molecular complexity index is 448. The molecule has 4 nitrogen and oxygen atoms in total. The van der Waals surface area contributed by atoms with Gasteiger partial charge in [0.2, 0.25) is 0 Å². The van der Waals surface area contributed by atoms with Crippen LogP contribution in [0.1, 0.15) is 188 Å². The molecular weight excluding hydrogens is 496 g/mol. The van der Waals surface area contributed by atoms with Crippen molar-refractivity contribution in [1.82, 2.24) is 0 Å². The smallest absolute Gasteiger partial charge is 0.188 e. The number of rotatable bonds is 35. The fourth-order valence-corrected chi connectivity index (χ4v) is 4.96. The number of hydrogen-bond acceptors (Lipinski definition) is 4. The van der Waals surface area contributed by atoms with Crippen LogP contribution in [0.4, 0.5) is 0 Å². The highest BCUT2D eigenvalue weighted by atomic mass is 16.7. The zero-order chi connectivity index (χ0) is 29.0. The summed E-state index contributed by atoms with van der Waals surface area (Å²) in [6.45, 7) is 9.67. The first-order valence-electron chi connectivity index (χ1n) is 17.9. The molecule has 0 N–H and O–H groups in total. The lowest BCUT2D eigenvalue weighted by molar-refractivity contribution is -0.148. The zero-order valence-electron chi connectivity index (χ0n) is 27.6. The van der Waals surface area contributed by atoms with Crippen LogP contribution >= 0.6 is 0 Å². The Morgan fingerprint density at radius 3 is 1.35 bits per heavy atom. The molecule has 0 aromatic heterocycles. The minimum Gasteiger partial charge on any atom is -0.475 e. The van der Waals surface area contributed by atoms with Gasteiger partial charge in [0.25, 0.3) is 0 Å². The molecule has 0 amide bonds. The Balaban J connectivity index is 3.81. The molecule has 0 fully saturated rings. The molecule has 0 aliphatic heterocycles. The highest BCUT2D eigenvalue weighted by Crippen LogP contribution is 2.14. The Kier molecular flexibility index (Phi) is 35.9. The molecule has 0 saturated carbocycles. The van der Waals surface area contributed by atoms with Crippen molar-refractivity contribution in [3.8, 4) is 0 Å². The van der Waals surface area contributed by atoms with Gasteiger partial charge in [0.1, 0.15) is 0 Å². The molecule has 0 radical (unpaired) electrons. The van der Waals surface area contributed by atoms with Crippen molar-refractivity contribution in [3.63, 3.8) is 0 Å². The predicted octanol–water partition coefficient (Wildman–Crippen LogP) is 12.1. The van der Waals surface area contributed by atoms with E-state index < -0.39 is 0 Å². The van der Waals surface area contributed by atoms with Gasteiger partial charge in [0.15, 0.2) is 13.1 Å². The maximum Gasteiger partial charge on any atom is 0.188 e. The second kappa shape index (κ2) is 36.4. The Labute approximate surface area is 251 Å². The Morgan fingerprint density at radius 2 is 0.875 bits per heavy atom.